The summed E-state index contributed by atoms with van der Waals surface area (Å²) in [5.41, 5.74) is 1.60. The monoisotopic (exact) mass is 610 g/mol. The number of ether oxygens (including phenoxy) is 1. The lowest BCUT2D eigenvalue weighted by Gasteiger charge is -2.38. The lowest BCUT2D eigenvalue weighted by Crippen LogP contribution is -2.48. The molecule has 0 spiro atoms. The van der Waals surface area contributed by atoms with E-state index >= 15 is 0 Å². The SMILES string of the molecule is CCOC(=O)C1=C(CN2CCSC[C@H]2CC(C)C(=O)O)NC(c2nccs2)=N[C@H]1c1ccc(F)cc1Br. The number of aromatic nitrogens is 1. The summed E-state index contributed by atoms with van der Waals surface area (Å²) >= 11 is 6.67. The molecule has 0 amide bonds. The summed E-state index contributed by atoms with van der Waals surface area (Å²) in [7, 11) is 0. The number of carbonyl (C=O) groups is 2. The molecule has 1 aromatic carbocycles. The van der Waals surface area contributed by atoms with E-state index in [9.17, 15) is 19.1 Å². The maximum absolute atomic E-state index is 13.9. The van der Waals surface area contributed by atoms with Crippen molar-refractivity contribution in [3.05, 3.63) is 61.9 Å². The second-order valence-corrected chi connectivity index (χ2v) is 11.7. The molecule has 0 bridgehead atoms. The van der Waals surface area contributed by atoms with E-state index in [4.69, 9.17) is 9.73 Å². The van der Waals surface area contributed by atoms with Crippen LogP contribution in [0.5, 0.6) is 0 Å². The van der Waals surface area contributed by atoms with E-state index in [2.05, 4.69) is 31.1 Å². The minimum atomic E-state index is -0.822. The first-order chi connectivity index (χ1) is 17.8. The van der Waals surface area contributed by atoms with E-state index in [-0.39, 0.29) is 12.6 Å². The van der Waals surface area contributed by atoms with Gasteiger partial charge in [0, 0.05) is 52.4 Å². The number of halogens is 2. The maximum atomic E-state index is 13.9. The van der Waals surface area contributed by atoms with E-state index in [1.54, 1.807) is 37.9 Å². The average Bonchev–Trinajstić information content (AvgIpc) is 3.40. The van der Waals surface area contributed by atoms with Gasteiger partial charge in [0.25, 0.3) is 0 Å². The molecule has 2 aromatic rings. The van der Waals surface area contributed by atoms with Crippen LogP contribution < -0.4 is 5.32 Å². The van der Waals surface area contributed by atoms with Crippen molar-refractivity contribution < 1.29 is 23.8 Å². The van der Waals surface area contributed by atoms with Crippen LogP contribution in [0.25, 0.3) is 0 Å². The molecular formula is C25H28BrFN4O4S2. The first kappa shape index (κ1) is 27.7. The lowest BCUT2D eigenvalue weighted by atomic mass is 9.94. The number of carboxylic acid groups (broad SMARTS) is 1. The number of thiazole rings is 1. The van der Waals surface area contributed by atoms with Crippen molar-refractivity contribution in [1.29, 1.82) is 0 Å². The number of benzene rings is 1. The number of carboxylic acids is 1. The van der Waals surface area contributed by atoms with Gasteiger partial charge in [-0.25, -0.2) is 14.2 Å². The third-order valence-corrected chi connectivity index (χ3v) is 8.83. The summed E-state index contributed by atoms with van der Waals surface area (Å²) in [5.74, 6) is 0.00445. The molecule has 1 fully saturated rings. The van der Waals surface area contributed by atoms with Crippen LogP contribution >= 0.6 is 39.0 Å². The highest BCUT2D eigenvalue weighted by atomic mass is 79.9. The van der Waals surface area contributed by atoms with Crippen LogP contribution in [-0.4, -0.2) is 70.0 Å². The van der Waals surface area contributed by atoms with Gasteiger partial charge in [0.2, 0.25) is 0 Å². The second kappa shape index (κ2) is 12.5. The molecule has 1 saturated heterocycles. The predicted molar refractivity (Wildman–Crippen MR) is 146 cm³/mol. The van der Waals surface area contributed by atoms with Gasteiger partial charge < -0.3 is 15.2 Å². The zero-order chi connectivity index (χ0) is 26.5. The summed E-state index contributed by atoms with van der Waals surface area (Å²) in [4.78, 5) is 36.4. The van der Waals surface area contributed by atoms with Gasteiger partial charge in [-0.1, -0.05) is 28.9 Å². The number of carbonyl (C=O) groups excluding carboxylic acids is 1. The number of esters is 1. The summed E-state index contributed by atoms with van der Waals surface area (Å²) in [5, 5.41) is 15.3. The molecule has 0 radical (unpaired) electrons. The molecule has 12 heteroatoms. The van der Waals surface area contributed by atoms with Crippen LogP contribution in [0.4, 0.5) is 4.39 Å². The molecule has 2 aliphatic rings. The van der Waals surface area contributed by atoms with E-state index < -0.39 is 29.7 Å². The molecule has 8 nitrogen and oxygen atoms in total. The fourth-order valence-electron chi connectivity index (χ4n) is 4.39. The normalized spacial score (nSPS) is 21.2. The summed E-state index contributed by atoms with van der Waals surface area (Å²) in [6.07, 6.45) is 2.19. The fourth-order valence-corrected chi connectivity index (χ4v) is 6.70. The third-order valence-electron chi connectivity index (χ3n) is 6.27. The van der Waals surface area contributed by atoms with Crippen molar-refractivity contribution >= 4 is 56.8 Å². The van der Waals surface area contributed by atoms with Gasteiger partial charge in [0.05, 0.1) is 18.1 Å². The number of aliphatic imine (C=N–C) groups is 1. The highest BCUT2D eigenvalue weighted by Gasteiger charge is 2.36. The molecule has 1 aromatic heterocycles. The largest absolute Gasteiger partial charge is 0.481 e. The third kappa shape index (κ3) is 6.60. The van der Waals surface area contributed by atoms with Crippen molar-refractivity contribution in [2.24, 2.45) is 10.9 Å². The molecule has 3 heterocycles. The number of nitrogens with zero attached hydrogens (tertiary/aromatic N) is 3. The minimum absolute atomic E-state index is 0.0285. The van der Waals surface area contributed by atoms with Crippen LogP contribution in [0.2, 0.25) is 0 Å². The van der Waals surface area contributed by atoms with Crippen molar-refractivity contribution in [1.82, 2.24) is 15.2 Å². The number of hydrogen-bond donors (Lipinski definition) is 2. The van der Waals surface area contributed by atoms with Gasteiger partial charge in [0.15, 0.2) is 10.8 Å². The summed E-state index contributed by atoms with van der Waals surface area (Å²) < 4.78 is 19.9. The molecule has 198 valence electrons. The fraction of sp³-hybridized carbons (Fsp3) is 0.440. The smallest absolute Gasteiger partial charge is 0.338 e. The Hall–Kier alpha value is -2.28. The number of nitrogens with one attached hydrogen (secondary N) is 1. The quantitative estimate of drug-likeness (QED) is 0.401. The van der Waals surface area contributed by atoms with E-state index in [0.29, 0.717) is 45.1 Å². The highest BCUT2D eigenvalue weighted by molar-refractivity contribution is 9.10. The Kier molecular flexibility index (Phi) is 9.38. The Morgan fingerprint density at radius 3 is 2.89 bits per heavy atom. The number of aliphatic carboxylic acids is 1. The van der Waals surface area contributed by atoms with Crippen LogP contribution in [0.1, 0.15) is 36.9 Å². The Labute approximate surface area is 231 Å². The van der Waals surface area contributed by atoms with E-state index in [1.165, 1.54) is 23.5 Å². The second-order valence-electron chi connectivity index (χ2n) is 8.80. The van der Waals surface area contributed by atoms with E-state index in [0.717, 1.165) is 18.1 Å². The van der Waals surface area contributed by atoms with Gasteiger partial charge >= 0.3 is 11.9 Å². The minimum Gasteiger partial charge on any atom is -0.481 e. The van der Waals surface area contributed by atoms with Crippen molar-refractivity contribution in [3.8, 4) is 0 Å². The van der Waals surface area contributed by atoms with Crippen LogP contribution in [0.3, 0.4) is 0 Å². The van der Waals surface area contributed by atoms with Crippen LogP contribution in [-0.2, 0) is 14.3 Å². The molecule has 4 rings (SSSR count). The van der Waals surface area contributed by atoms with Crippen molar-refractivity contribution in [2.45, 2.75) is 32.4 Å². The standard InChI is InChI=1S/C25H28BrFN4O4S2/c1-3-35-25(34)20-19(12-31-7-9-36-13-16(31)10-14(2)24(32)33)29-22(23-28-6-8-37-23)30-21(20)17-5-4-15(27)11-18(17)26/h4-6,8,11,14,16,21H,3,7,9-10,12-13H2,1-2H3,(H,29,30)(H,32,33)/t14?,16-,21+/m1/s1. The molecular weight excluding hydrogens is 583 g/mol. The number of amidine groups is 1. The molecule has 2 aliphatic heterocycles. The van der Waals surface area contributed by atoms with Crippen LogP contribution in [0, 0.1) is 11.7 Å². The Morgan fingerprint density at radius 1 is 1.41 bits per heavy atom. The Morgan fingerprint density at radius 2 is 2.22 bits per heavy atom. The molecule has 3 atom stereocenters. The van der Waals surface area contributed by atoms with Gasteiger partial charge in [-0.3, -0.25) is 14.7 Å². The molecule has 0 aliphatic carbocycles. The average molecular weight is 612 g/mol. The zero-order valence-corrected chi connectivity index (χ0v) is 23.7. The number of rotatable bonds is 9. The lowest BCUT2D eigenvalue weighted by molar-refractivity contribution is -0.141. The summed E-state index contributed by atoms with van der Waals surface area (Å²) in [6, 6.07) is 3.59. The summed E-state index contributed by atoms with van der Waals surface area (Å²) in [6.45, 7) is 4.78. The maximum Gasteiger partial charge on any atom is 0.338 e. The van der Waals surface area contributed by atoms with Crippen molar-refractivity contribution in [2.75, 3.05) is 31.2 Å². The number of thioether (sulfide) groups is 1. The Balaban J connectivity index is 1.78. The van der Waals surface area contributed by atoms with Crippen LogP contribution in [0.15, 0.2) is 50.5 Å². The van der Waals surface area contributed by atoms with Crippen molar-refractivity contribution in [3.63, 3.8) is 0 Å². The van der Waals surface area contributed by atoms with Gasteiger partial charge in [0.1, 0.15) is 11.9 Å². The molecule has 0 saturated carbocycles. The topological polar surface area (TPSA) is 104 Å². The van der Waals surface area contributed by atoms with Gasteiger partial charge in [-0.05, 0) is 31.0 Å². The van der Waals surface area contributed by atoms with Gasteiger partial charge in [-0.15, -0.1) is 11.3 Å². The zero-order valence-electron chi connectivity index (χ0n) is 20.4. The first-order valence-corrected chi connectivity index (χ1v) is 14.8. The number of hydrogen-bond acceptors (Lipinski definition) is 9. The molecule has 2 N–H and O–H groups in total. The van der Waals surface area contributed by atoms with E-state index in [1.807, 2.05) is 5.38 Å². The predicted octanol–water partition coefficient (Wildman–Crippen LogP) is 4.48. The van der Waals surface area contributed by atoms with Gasteiger partial charge in [-0.2, -0.15) is 11.8 Å². The Bertz CT molecular complexity index is 1210. The molecule has 1 unspecified atom stereocenters. The first-order valence-electron chi connectivity index (χ1n) is 11.9. The molecule has 37 heavy (non-hydrogen) atoms. The highest BCUT2D eigenvalue weighted by Crippen LogP contribution is 2.37.